The van der Waals surface area contributed by atoms with Gasteiger partial charge >= 0.3 is 0 Å². The Hall–Kier alpha value is -3.00. The number of carbonyl (C=O) groups is 4. The third kappa shape index (κ3) is 3.36. The Morgan fingerprint density at radius 3 is 2.19 bits per heavy atom. The van der Waals surface area contributed by atoms with E-state index in [9.17, 15) is 19.2 Å². The average Bonchev–Trinajstić information content (AvgIpc) is 3.26. The van der Waals surface area contributed by atoms with E-state index in [0.29, 0.717) is 16.0 Å². The van der Waals surface area contributed by atoms with Gasteiger partial charge in [0.2, 0.25) is 5.91 Å². The number of imide groups is 1. The summed E-state index contributed by atoms with van der Waals surface area (Å²) in [5, 5.41) is 7.13. The number of amides is 4. The average molecular weight is 371 g/mol. The molecule has 1 aromatic heterocycles. The number of nitrogens with zero attached hydrogens (tertiary/aromatic N) is 1. The van der Waals surface area contributed by atoms with E-state index in [4.69, 9.17) is 0 Å². The van der Waals surface area contributed by atoms with Crippen LogP contribution in [0.4, 0.5) is 0 Å². The van der Waals surface area contributed by atoms with Crippen molar-refractivity contribution >= 4 is 35.0 Å². The molecule has 1 unspecified atom stereocenters. The molecule has 1 aliphatic heterocycles. The quantitative estimate of drug-likeness (QED) is 0.591. The van der Waals surface area contributed by atoms with Gasteiger partial charge in [-0.25, -0.2) is 0 Å². The van der Waals surface area contributed by atoms with Gasteiger partial charge < -0.3 is 10.6 Å². The van der Waals surface area contributed by atoms with Gasteiger partial charge in [0.15, 0.2) is 0 Å². The summed E-state index contributed by atoms with van der Waals surface area (Å²) in [5.74, 6) is -1.61. The Balaban J connectivity index is 1.52. The van der Waals surface area contributed by atoms with Gasteiger partial charge in [-0.15, -0.1) is 11.3 Å². The smallest absolute Gasteiger partial charge is 0.262 e. The molecule has 0 spiro atoms. The van der Waals surface area contributed by atoms with Gasteiger partial charge in [-0.1, -0.05) is 18.2 Å². The first kappa shape index (κ1) is 17.8. The largest absolute Gasteiger partial charge is 0.353 e. The number of nitrogens with one attached hydrogen (secondary N) is 2. The van der Waals surface area contributed by atoms with E-state index in [1.807, 2.05) is 0 Å². The first-order valence-corrected chi connectivity index (χ1v) is 8.95. The highest BCUT2D eigenvalue weighted by atomic mass is 32.1. The molecule has 1 aliphatic rings. The first-order valence-electron chi connectivity index (χ1n) is 8.07. The van der Waals surface area contributed by atoms with Crippen molar-refractivity contribution in [1.82, 2.24) is 15.5 Å². The minimum atomic E-state index is -0.935. The van der Waals surface area contributed by atoms with Crippen LogP contribution >= 0.6 is 11.3 Å². The van der Waals surface area contributed by atoms with Crippen LogP contribution in [0.1, 0.15) is 37.3 Å². The molecule has 3 rings (SSSR count). The zero-order chi connectivity index (χ0) is 18.7. The monoisotopic (exact) mass is 371 g/mol. The van der Waals surface area contributed by atoms with Crippen molar-refractivity contribution in [3.8, 4) is 0 Å². The molecule has 7 nitrogen and oxygen atoms in total. The van der Waals surface area contributed by atoms with Crippen molar-refractivity contribution in [2.75, 3.05) is 13.1 Å². The topological polar surface area (TPSA) is 95.6 Å². The molecule has 0 radical (unpaired) electrons. The van der Waals surface area contributed by atoms with E-state index < -0.39 is 23.8 Å². The lowest BCUT2D eigenvalue weighted by Crippen LogP contribution is -2.49. The minimum absolute atomic E-state index is 0.198. The molecule has 2 N–H and O–H groups in total. The van der Waals surface area contributed by atoms with Crippen molar-refractivity contribution in [1.29, 1.82) is 0 Å². The number of hydrogen-bond acceptors (Lipinski definition) is 5. The predicted molar refractivity (Wildman–Crippen MR) is 96.1 cm³/mol. The van der Waals surface area contributed by atoms with Crippen LogP contribution in [-0.4, -0.2) is 47.7 Å². The van der Waals surface area contributed by atoms with E-state index in [1.54, 1.807) is 41.8 Å². The Morgan fingerprint density at radius 2 is 1.62 bits per heavy atom. The Labute approximate surface area is 154 Å². The summed E-state index contributed by atoms with van der Waals surface area (Å²) in [7, 11) is 0. The van der Waals surface area contributed by atoms with E-state index in [1.165, 1.54) is 18.3 Å². The zero-order valence-corrected chi connectivity index (χ0v) is 14.8. The molecular weight excluding hydrogens is 354 g/mol. The number of hydrogen-bond donors (Lipinski definition) is 2. The summed E-state index contributed by atoms with van der Waals surface area (Å²) in [4.78, 5) is 50.4. The van der Waals surface area contributed by atoms with Gasteiger partial charge in [0.25, 0.3) is 17.7 Å². The van der Waals surface area contributed by atoms with Crippen molar-refractivity contribution < 1.29 is 19.2 Å². The van der Waals surface area contributed by atoms with Gasteiger partial charge in [0.05, 0.1) is 16.0 Å². The second-order valence-electron chi connectivity index (χ2n) is 5.73. The van der Waals surface area contributed by atoms with Crippen LogP contribution in [0.2, 0.25) is 0 Å². The number of thiophene rings is 1. The van der Waals surface area contributed by atoms with Gasteiger partial charge in [0.1, 0.15) is 6.04 Å². The van der Waals surface area contributed by atoms with Gasteiger partial charge in [-0.3, -0.25) is 24.1 Å². The third-order valence-corrected chi connectivity index (χ3v) is 4.92. The normalized spacial score (nSPS) is 14.1. The molecule has 1 aromatic carbocycles. The fourth-order valence-electron chi connectivity index (χ4n) is 2.68. The molecule has 2 aromatic rings. The molecule has 0 fully saturated rings. The first-order chi connectivity index (χ1) is 12.5. The van der Waals surface area contributed by atoms with Crippen molar-refractivity contribution in [2.45, 2.75) is 13.0 Å². The minimum Gasteiger partial charge on any atom is -0.353 e. The highest BCUT2D eigenvalue weighted by Crippen LogP contribution is 2.24. The van der Waals surface area contributed by atoms with E-state index in [0.717, 1.165) is 4.90 Å². The summed E-state index contributed by atoms with van der Waals surface area (Å²) in [6.07, 6.45) is 0. The number of benzene rings is 1. The van der Waals surface area contributed by atoms with Crippen LogP contribution < -0.4 is 10.6 Å². The molecule has 0 bridgehead atoms. The maximum absolute atomic E-state index is 12.4. The standard InChI is InChI=1S/C18H17N3O4S/c1-11(21-17(24)12-5-2-3-6-13(12)18(21)25)15(22)19-8-9-20-16(23)14-7-4-10-26-14/h2-7,10-11H,8-9H2,1H3,(H,19,22)(H,20,23). The maximum Gasteiger partial charge on any atom is 0.262 e. The molecule has 4 amide bonds. The van der Waals surface area contributed by atoms with Crippen LogP contribution in [-0.2, 0) is 4.79 Å². The summed E-state index contributed by atoms with van der Waals surface area (Å²) in [6.45, 7) is 1.95. The molecule has 2 heterocycles. The molecule has 0 saturated heterocycles. The maximum atomic E-state index is 12.4. The molecule has 0 aliphatic carbocycles. The van der Waals surface area contributed by atoms with Crippen LogP contribution in [0.5, 0.6) is 0 Å². The molecular formula is C18H17N3O4S. The molecule has 8 heteroatoms. The summed E-state index contributed by atoms with van der Waals surface area (Å²) in [5.41, 5.74) is 0.612. The van der Waals surface area contributed by atoms with Crippen molar-refractivity contribution in [2.24, 2.45) is 0 Å². The second kappa shape index (κ2) is 7.49. The fraction of sp³-hybridized carbons (Fsp3) is 0.222. The molecule has 1 atom stereocenters. The number of fused-ring (bicyclic) bond motifs is 1. The highest BCUT2D eigenvalue weighted by molar-refractivity contribution is 7.12. The van der Waals surface area contributed by atoms with Crippen LogP contribution in [0.15, 0.2) is 41.8 Å². The van der Waals surface area contributed by atoms with Crippen LogP contribution in [0, 0.1) is 0 Å². The lowest BCUT2D eigenvalue weighted by molar-refractivity contribution is -0.124. The third-order valence-electron chi connectivity index (χ3n) is 4.05. The summed E-state index contributed by atoms with van der Waals surface area (Å²) >= 11 is 1.33. The van der Waals surface area contributed by atoms with Gasteiger partial charge in [0, 0.05) is 13.1 Å². The number of rotatable bonds is 6. The van der Waals surface area contributed by atoms with Crippen LogP contribution in [0.25, 0.3) is 0 Å². The lowest BCUT2D eigenvalue weighted by Gasteiger charge is -2.21. The van der Waals surface area contributed by atoms with Crippen molar-refractivity contribution in [3.63, 3.8) is 0 Å². The fourth-order valence-corrected chi connectivity index (χ4v) is 3.32. The molecule has 134 valence electrons. The Bertz CT molecular complexity index is 828. The molecule has 0 saturated carbocycles. The highest BCUT2D eigenvalue weighted by Gasteiger charge is 2.40. The van der Waals surface area contributed by atoms with Crippen LogP contribution in [0.3, 0.4) is 0 Å². The zero-order valence-electron chi connectivity index (χ0n) is 14.0. The molecule has 26 heavy (non-hydrogen) atoms. The van der Waals surface area contributed by atoms with E-state index in [-0.39, 0.29) is 19.0 Å². The summed E-state index contributed by atoms with van der Waals surface area (Å²) in [6, 6.07) is 9.05. The number of carbonyl (C=O) groups excluding carboxylic acids is 4. The summed E-state index contributed by atoms with van der Waals surface area (Å²) < 4.78 is 0. The predicted octanol–water partition coefficient (Wildman–Crippen LogP) is 1.28. The Kier molecular flexibility index (Phi) is 5.13. The Morgan fingerprint density at radius 1 is 1.00 bits per heavy atom. The SMILES string of the molecule is CC(C(=O)NCCNC(=O)c1cccs1)N1C(=O)c2ccccc2C1=O. The lowest BCUT2D eigenvalue weighted by atomic mass is 10.1. The van der Waals surface area contributed by atoms with Gasteiger partial charge in [-0.2, -0.15) is 0 Å². The van der Waals surface area contributed by atoms with Gasteiger partial charge in [-0.05, 0) is 30.5 Å². The van der Waals surface area contributed by atoms with Crippen molar-refractivity contribution in [3.05, 3.63) is 57.8 Å². The van der Waals surface area contributed by atoms with E-state index in [2.05, 4.69) is 10.6 Å². The van der Waals surface area contributed by atoms with E-state index >= 15 is 0 Å². The second-order valence-corrected chi connectivity index (χ2v) is 6.67.